The summed E-state index contributed by atoms with van der Waals surface area (Å²) in [6, 6.07) is 11.9. The summed E-state index contributed by atoms with van der Waals surface area (Å²) in [6.45, 7) is 4.89. The molecule has 0 saturated carbocycles. The van der Waals surface area contributed by atoms with E-state index in [9.17, 15) is 4.79 Å². The van der Waals surface area contributed by atoms with E-state index in [-0.39, 0.29) is 0 Å². The summed E-state index contributed by atoms with van der Waals surface area (Å²) < 4.78 is 4.79. The third-order valence-electron chi connectivity index (χ3n) is 2.89. The van der Waals surface area contributed by atoms with E-state index < -0.39 is 6.09 Å². The molecule has 0 radical (unpaired) electrons. The topological polar surface area (TPSA) is 63.2 Å². The van der Waals surface area contributed by atoms with E-state index in [1.807, 2.05) is 6.07 Å². The first-order chi connectivity index (χ1) is 10.2. The van der Waals surface area contributed by atoms with Crippen molar-refractivity contribution in [3.05, 3.63) is 53.7 Å². The average Bonchev–Trinajstić information content (AvgIpc) is 2.48. The Morgan fingerprint density at radius 1 is 1.19 bits per heavy atom. The number of ether oxygens (including phenoxy) is 1. The van der Waals surface area contributed by atoms with Crippen LogP contribution in [0.3, 0.4) is 0 Å². The van der Waals surface area contributed by atoms with Crippen LogP contribution in [0.2, 0.25) is 0 Å². The van der Waals surface area contributed by atoms with Crippen molar-refractivity contribution < 1.29 is 9.53 Å². The normalized spacial score (nSPS) is 10.0. The molecule has 1 aromatic heterocycles. The van der Waals surface area contributed by atoms with Crippen molar-refractivity contribution in [1.82, 2.24) is 4.98 Å². The van der Waals surface area contributed by atoms with Gasteiger partial charge in [0, 0.05) is 6.54 Å². The van der Waals surface area contributed by atoms with Gasteiger partial charge in [-0.25, -0.2) is 9.78 Å². The van der Waals surface area contributed by atoms with Crippen LogP contribution in [0.4, 0.5) is 16.3 Å². The van der Waals surface area contributed by atoms with Gasteiger partial charge in [-0.1, -0.05) is 29.8 Å². The molecule has 0 fully saturated rings. The number of nitrogens with one attached hydrogen (secondary N) is 2. The van der Waals surface area contributed by atoms with Gasteiger partial charge in [-0.3, -0.25) is 5.32 Å². The van der Waals surface area contributed by atoms with Crippen molar-refractivity contribution in [2.75, 3.05) is 17.2 Å². The number of hydrogen-bond donors (Lipinski definition) is 2. The first kappa shape index (κ1) is 14.8. The fourth-order valence-corrected chi connectivity index (χ4v) is 1.75. The Kier molecular flexibility index (Phi) is 5.15. The molecule has 2 rings (SSSR count). The lowest BCUT2D eigenvalue weighted by molar-refractivity contribution is 0.168. The van der Waals surface area contributed by atoms with Crippen molar-refractivity contribution in [2.24, 2.45) is 0 Å². The number of pyridine rings is 1. The molecule has 0 aliphatic rings. The maximum absolute atomic E-state index is 11.2. The van der Waals surface area contributed by atoms with Gasteiger partial charge in [0.25, 0.3) is 0 Å². The molecule has 0 aliphatic carbocycles. The van der Waals surface area contributed by atoms with Gasteiger partial charge in [-0.2, -0.15) is 0 Å². The van der Waals surface area contributed by atoms with Crippen molar-refractivity contribution in [3.63, 3.8) is 0 Å². The van der Waals surface area contributed by atoms with Gasteiger partial charge in [-0.05, 0) is 31.5 Å². The van der Waals surface area contributed by atoms with E-state index in [2.05, 4.69) is 46.8 Å². The SMILES string of the molecule is CCOC(=O)Nc1ccc(NCc2ccc(C)cc2)cn1. The van der Waals surface area contributed by atoms with Gasteiger partial charge in [0.05, 0.1) is 18.5 Å². The number of benzene rings is 1. The molecular weight excluding hydrogens is 266 g/mol. The summed E-state index contributed by atoms with van der Waals surface area (Å²) in [6.07, 6.45) is 1.18. The molecule has 110 valence electrons. The van der Waals surface area contributed by atoms with Crippen LogP contribution in [0, 0.1) is 6.92 Å². The second-order valence-corrected chi connectivity index (χ2v) is 4.62. The lowest BCUT2D eigenvalue weighted by Crippen LogP contribution is -2.14. The highest BCUT2D eigenvalue weighted by Gasteiger charge is 2.02. The van der Waals surface area contributed by atoms with Gasteiger partial charge in [0.15, 0.2) is 0 Å². The van der Waals surface area contributed by atoms with Gasteiger partial charge < -0.3 is 10.1 Å². The predicted octanol–water partition coefficient (Wildman–Crippen LogP) is 3.57. The smallest absolute Gasteiger partial charge is 0.412 e. The Labute approximate surface area is 124 Å². The lowest BCUT2D eigenvalue weighted by atomic mass is 10.1. The zero-order valence-electron chi connectivity index (χ0n) is 12.2. The van der Waals surface area contributed by atoms with Gasteiger partial charge >= 0.3 is 6.09 Å². The third kappa shape index (κ3) is 4.80. The molecule has 1 amide bonds. The van der Waals surface area contributed by atoms with Crippen LogP contribution in [-0.2, 0) is 11.3 Å². The van der Waals surface area contributed by atoms with E-state index in [0.717, 1.165) is 12.2 Å². The van der Waals surface area contributed by atoms with Crippen LogP contribution < -0.4 is 10.6 Å². The predicted molar refractivity (Wildman–Crippen MR) is 83.4 cm³/mol. The standard InChI is InChI=1S/C16H19N3O2/c1-3-21-16(20)19-15-9-8-14(11-18-15)17-10-13-6-4-12(2)5-7-13/h4-9,11,17H,3,10H2,1-2H3,(H,18,19,20). The van der Waals surface area contributed by atoms with Crippen LogP contribution in [0.1, 0.15) is 18.1 Å². The summed E-state index contributed by atoms with van der Waals surface area (Å²) in [7, 11) is 0. The fourth-order valence-electron chi connectivity index (χ4n) is 1.75. The van der Waals surface area contributed by atoms with E-state index in [1.165, 1.54) is 11.1 Å². The number of amides is 1. The zero-order chi connectivity index (χ0) is 15.1. The molecule has 0 bridgehead atoms. The van der Waals surface area contributed by atoms with Crippen LogP contribution >= 0.6 is 0 Å². The summed E-state index contributed by atoms with van der Waals surface area (Å²) in [5, 5.41) is 5.83. The molecule has 1 heterocycles. The van der Waals surface area contributed by atoms with Gasteiger partial charge in [-0.15, -0.1) is 0 Å². The molecule has 0 spiro atoms. The number of hydrogen-bond acceptors (Lipinski definition) is 4. The largest absolute Gasteiger partial charge is 0.450 e. The quantitative estimate of drug-likeness (QED) is 0.881. The summed E-state index contributed by atoms with van der Waals surface area (Å²) in [5.41, 5.74) is 3.34. The van der Waals surface area contributed by atoms with Gasteiger partial charge in [0.2, 0.25) is 0 Å². The van der Waals surface area contributed by atoms with Gasteiger partial charge in [0.1, 0.15) is 5.82 Å². The number of rotatable bonds is 5. The zero-order valence-corrected chi connectivity index (χ0v) is 12.2. The van der Waals surface area contributed by atoms with E-state index in [0.29, 0.717) is 12.4 Å². The Morgan fingerprint density at radius 2 is 1.95 bits per heavy atom. The molecule has 1 aromatic carbocycles. The molecule has 2 N–H and O–H groups in total. The molecule has 2 aromatic rings. The minimum absolute atomic E-state index is 0.335. The molecule has 5 heteroatoms. The number of carbonyl (C=O) groups is 1. The second kappa shape index (κ2) is 7.28. The summed E-state index contributed by atoms with van der Waals surface area (Å²) in [5.74, 6) is 0.467. The van der Waals surface area contributed by atoms with Crippen LogP contribution in [0.5, 0.6) is 0 Å². The highest BCUT2D eigenvalue weighted by molar-refractivity contribution is 5.83. The Morgan fingerprint density at radius 3 is 2.57 bits per heavy atom. The molecule has 0 saturated heterocycles. The number of aromatic nitrogens is 1. The van der Waals surface area contributed by atoms with Crippen LogP contribution in [0.15, 0.2) is 42.6 Å². The van der Waals surface area contributed by atoms with Crippen molar-refractivity contribution >= 4 is 17.6 Å². The monoisotopic (exact) mass is 285 g/mol. The molecular formula is C16H19N3O2. The Hall–Kier alpha value is -2.56. The lowest BCUT2D eigenvalue weighted by Gasteiger charge is -2.08. The molecule has 0 unspecified atom stereocenters. The molecule has 5 nitrogen and oxygen atoms in total. The third-order valence-corrected chi connectivity index (χ3v) is 2.89. The highest BCUT2D eigenvalue weighted by Crippen LogP contribution is 2.12. The second-order valence-electron chi connectivity index (χ2n) is 4.62. The number of nitrogens with zero attached hydrogens (tertiary/aromatic N) is 1. The highest BCUT2D eigenvalue weighted by atomic mass is 16.5. The van der Waals surface area contributed by atoms with E-state index in [1.54, 1.807) is 19.2 Å². The Balaban J connectivity index is 1.87. The summed E-state index contributed by atoms with van der Waals surface area (Å²) >= 11 is 0. The van der Waals surface area contributed by atoms with Crippen LogP contribution in [-0.4, -0.2) is 17.7 Å². The summed E-state index contributed by atoms with van der Waals surface area (Å²) in [4.78, 5) is 15.4. The number of anilines is 2. The number of carbonyl (C=O) groups excluding carboxylic acids is 1. The van der Waals surface area contributed by atoms with E-state index >= 15 is 0 Å². The minimum atomic E-state index is -0.495. The maximum Gasteiger partial charge on any atom is 0.412 e. The fraction of sp³-hybridized carbons (Fsp3) is 0.250. The molecule has 21 heavy (non-hydrogen) atoms. The first-order valence-electron chi connectivity index (χ1n) is 6.86. The van der Waals surface area contributed by atoms with Crippen LogP contribution in [0.25, 0.3) is 0 Å². The first-order valence-corrected chi connectivity index (χ1v) is 6.86. The van der Waals surface area contributed by atoms with Crippen molar-refractivity contribution in [2.45, 2.75) is 20.4 Å². The average molecular weight is 285 g/mol. The number of aryl methyl sites for hydroxylation is 1. The van der Waals surface area contributed by atoms with Crippen molar-refractivity contribution in [1.29, 1.82) is 0 Å². The Bertz CT molecular complexity index is 579. The molecule has 0 aliphatic heterocycles. The molecule has 0 atom stereocenters. The minimum Gasteiger partial charge on any atom is -0.450 e. The van der Waals surface area contributed by atoms with E-state index in [4.69, 9.17) is 4.74 Å². The maximum atomic E-state index is 11.2. The van der Waals surface area contributed by atoms with Crippen molar-refractivity contribution in [3.8, 4) is 0 Å².